The van der Waals surface area contributed by atoms with Crippen LogP contribution < -0.4 is 16.3 Å². The lowest BCUT2D eigenvalue weighted by molar-refractivity contribution is 0.801. The van der Waals surface area contributed by atoms with E-state index >= 15 is 0 Å². The van der Waals surface area contributed by atoms with Crippen LogP contribution >= 0.6 is 0 Å². The van der Waals surface area contributed by atoms with Gasteiger partial charge in [-0.3, -0.25) is 0 Å². The molecule has 1 aromatic carbocycles. The van der Waals surface area contributed by atoms with E-state index < -0.39 is 11.4 Å². The van der Waals surface area contributed by atoms with Gasteiger partial charge in [-0.05, 0) is 17.7 Å². The summed E-state index contributed by atoms with van der Waals surface area (Å²) in [5, 5.41) is 8.09. The summed E-state index contributed by atoms with van der Waals surface area (Å²) in [6.45, 7) is 0. The zero-order valence-electron chi connectivity index (χ0n) is 10.0. The van der Waals surface area contributed by atoms with Crippen LogP contribution in [0.25, 0.3) is 0 Å². The highest BCUT2D eigenvalue weighted by atomic mass is 16.2. The Hall–Kier alpha value is -2.57. The Morgan fingerprint density at radius 1 is 1.11 bits per heavy atom. The van der Waals surface area contributed by atoms with Gasteiger partial charge in [0.15, 0.2) is 0 Å². The number of aromatic amines is 2. The first-order valence-electron chi connectivity index (χ1n) is 5.29. The Labute approximate surface area is 102 Å². The second-order valence-corrected chi connectivity index (χ2v) is 3.90. The summed E-state index contributed by atoms with van der Waals surface area (Å²) in [7, 11) is 3.89. The van der Waals surface area contributed by atoms with E-state index in [4.69, 9.17) is 0 Å². The van der Waals surface area contributed by atoms with Gasteiger partial charge < -0.3 is 4.90 Å². The average molecular weight is 247 g/mol. The quantitative estimate of drug-likeness (QED) is 0.737. The van der Waals surface area contributed by atoms with Gasteiger partial charge in [-0.2, -0.15) is 5.10 Å². The van der Waals surface area contributed by atoms with Crippen LogP contribution in [0.5, 0.6) is 0 Å². The van der Waals surface area contributed by atoms with E-state index in [1.54, 1.807) is 0 Å². The Morgan fingerprint density at radius 3 is 2.17 bits per heavy atom. The molecule has 0 amide bonds. The number of anilines is 1. The zero-order valence-corrected chi connectivity index (χ0v) is 10.0. The highest BCUT2D eigenvalue weighted by Crippen LogP contribution is 2.10. The molecule has 0 aliphatic rings. The Bertz CT molecular complexity index is 632. The second-order valence-electron chi connectivity index (χ2n) is 3.90. The van der Waals surface area contributed by atoms with Crippen molar-refractivity contribution in [2.24, 2.45) is 5.10 Å². The number of hydrogen-bond donors (Lipinski definition) is 2. The minimum absolute atomic E-state index is 0.596. The van der Waals surface area contributed by atoms with Crippen molar-refractivity contribution in [1.29, 1.82) is 0 Å². The van der Waals surface area contributed by atoms with E-state index in [0.29, 0.717) is 0 Å². The number of H-pyrrole nitrogens is 2. The maximum absolute atomic E-state index is 11.2. The van der Waals surface area contributed by atoms with Crippen LogP contribution in [0.2, 0.25) is 0 Å². The summed E-state index contributed by atoms with van der Waals surface area (Å²) < 4.78 is 0.722. The molecule has 0 saturated heterocycles. The number of hydrogen-bond acceptors (Lipinski definition) is 4. The van der Waals surface area contributed by atoms with E-state index in [1.165, 1.54) is 6.21 Å². The van der Waals surface area contributed by atoms with E-state index in [-0.39, 0.29) is 0 Å². The monoisotopic (exact) mass is 247 g/mol. The van der Waals surface area contributed by atoms with Crippen molar-refractivity contribution in [3.63, 3.8) is 0 Å². The molecule has 94 valence electrons. The molecule has 2 rings (SSSR count). The predicted octanol–water partition coefficient (Wildman–Crippen LogP) is -0.187. The van der Waals surface area contributed by atoms with Gasteiger partial charge in [-0.25, -0.2) is 19.8 Å². The number of nitrogens with one attached hydrogen (secondary N) is 2. The summed E-state index contributed by atoms with van der Waals surface area (Å²) >= 11 is 0. The third kappa shape index (κ3) is 2.40. The van der Waals surface area contributed by atoms with Crippen molar-refractivity contribution in [2.45, 2.75) is 0 Å². The fourth-order valence-corrected chi connectivity index (χ4v) is 1.39. The summed E-state index contributed by atoms with van der Waals surface area (Å²) in [5.41, 5.74) is 0.666. The molecular weight excluding hydrogens is 234 g/mol. The molecule has 0 bridgehead atoms. The van der Waals surface area contributed by atoms with Crippen LogP contribution in [-0.4, -0.2) is 35.2 Å². The fourth-order valence-electron chi connectivity index (χ4n) is 1.39. The van der Waals surface area contributed by atoms with Gasteiger partial charge in [-0.1, -0.05) is 12.1 Å². The maximum Gasteiger partial charge on any atom is 0.365 e. The molecule has 7 heteroatoms. The number of aromatic nitrogens is 3. The molecule has 0 aliphatic carbocycles. The minimum atomic E-state index is -0.596. The van der Waals surface area contributed by atoms with E-state index in [0.717, 1.165) is 15.9 Å². The van der Waals surface area contributed by atoms with Crippen molar-refractivity contribution >= 4 is 11.9 Å². The molecule has 0 aliphatic heterocycles. The van der Waals surface area contributed by atoms with Crippen LogP contribution in [0.3, 0.4) is 0 Å². The average Bonchev–Trinajstić information content (AvgIpc) is 2.67. The van der Waals surface area contributed by atoms with Crippen LogP contribution in [0, 0.1) is 0 Å². The number of rotatable bonds is 3. The molecule has 18 heavy (non-hydrogen) atoms. The normalized spacial score (nSPS) is 11.0. The van der Waals surface area contributed by atoms with Crippen LogP contribution in [0.1, 0.15) is 5.56 Å². The third-order valence-corrected chi connectivity index (χ3v) is 2.39. The smallest absolute Gasteiger partial charge is 0.365 e. The molecule has 0 unspecified atom stereocenters. The Morgan fingerprint density at radius 2 is 1.67 bits per heavy atom. The molecule has 1 aromatic heterocycles. The number of nitrogens with zero attached hydrogens (tertiary/aromatic N) is 3. The molecule has 0 radical (unpaired) electrons. The molecule has 0 saturated carbocycles. The van der Waals surface area contributed by atoms with Crippen LogP contribution in [0.4, 0.5) is 5.69 Å². The first kappa shape index (κ1) is 11.9. The summed E-state index contributed by atoms with van der Waals surface area (Å²) in [5.74, 6) is 0. The topological polar surface area (TPSA) is 86.2 Å². The highest BCUT2D eigenvalue weighted by molar-refractivity contribution is 5.80. The third-order valence-electron chi connectivity index (χ3n) is 2.39. The van der Waals surface area contributed by atoms with Gasteiger partial charge in [-0.15, -0.1) is 4.68 Å². The summed E-state index contributed by atoms with van der Waals surface area (Å²) in [6.07, 6.45) is 1.45. The van der Waals surface area contributed by atoms with Crippen molar-refractivity contribution < 1.29 is 0 Å². The van der Waals surface area contributed by atoms with Crippen molar-refractivity contribution in [3.8, 4) is 0 Å². The molecule has 0 fully saturated rings. The summed E-state index contributed by atoms with van der Waals surface area (Å²) in [4.78, 5) is 24.3. The van der Waals surface area contributed by atoms with Gasteiger partial charge >= 0.3 is 11.4 Å². The van der Waals surface area contributed by atoms with Crippen molar-refractivity contribution in [2.75, 3.05) is 19.0 Å². The fraction of sp³-hybridized carbons (Fsp3) is 0.182. The zero-order chi connectivity index (χ0) is 13.1. The van der Waals surface area contributed by atoms with E-state index in [9.17, 15) is 9.59 Å². The van der Waals surface area contributed by atoms with E-state index in [2.05, 4.69) is 15.3 Å². The first-order valence-corrected chi connectivity index (χ1v) is 5.29. The Balaban J connectivity index is 2.24. The molecule has 1 heterocycles. The van der Waals surface area contributed by atoms with Gasteiger partial charge in [0.2, 0.25) is 0 Å². The molecular formula is C11H13N5O2. The Kier molecular flexibility index (Phi) is 3.13. The van der Waals surface area contributed by atoms with E-state index in [1.807, 2.05) is 43.3 Å². The lowest BCUT2D eigenvalue weighted by atomic mass is 10.2. The first-order chi connectivity index (χ1) is 8.58. The van der Waals surface area contributed by atoms with Crippen molar-refractivity contribution in [1.82, 2.24) is 14.9 Å². The predicted molar refractivity (Wildman–Crippen MR) is 69.4 cm³/mol. The largest absolute Gasteiger partial charge is 0.378 e. The standard InChI is InChI=1S/C11H13N5O2/c1-15(2)9-5-3-8(4-6-9)7-12-16-10(17)13-14-11(16)18/h3-7H,1-2H3,(H,13,17)(H,14,18)/b12-7-. The van der Waals surface area contributed by atoms with Gasteiger partial charge in [0.1, 0.15) is 0 Å². The number of benzene rings is 1. The lowest BCUT2D eigenvalue weighted by Crippen LogP contribution is -2.22. The molecule has 7 nitrogen and oxygen atoms in total. The van der Waals surface area contributed by atoms with Crippen LogP contribution in [-0.2, 0) is 0 Å². The molecule has 0 atom stereocenters. The summed E-state index contributed by atoms with van der Waals surface area (Å²) in [6, 6.07) is 7.55. The van der Waals surface area contributed by atoms with Gasteiger partial charge in [0, 0.05) is 19.8 Å². The second kappa shape index (κ2) is 4.74. The van der Waals surface area contributed by atoms with Gasteiger partial charge in [0.05, 0.1) is 6.21 Å². The van der Waals surface area contributed by atoms with Crippen molar-refractivity contribution in [3.05, 3.63) is 50.8 Å². The molecule has 2 N–H and O–H groups in total. The lowest BCUT2D eigenvalue weighted by Gasteiger charge is -2.11. The van der Waals surface area contributed by atoms with Gasteiger partial charge in [0.25, 0.3) is 0 Å². The minimum Gasteiger partial charge on any atom is -0.378 e. The van der Waals surface area contributed by atoms with Crippen LogP contribution in [0.15, 0.2) is 39.0 Å². The molecule has 0 spiro atoms. The highest BCUT2D eigenvalue weighted by Gasteiger charge is 1.99. The maximum atomic E-state index is 11.2. The SMILES string of the molecule is CN(C)c1ccc(/C=N\n2c(=O)[nH][nH]c2=O)cc1. The molecule has 2 aromatic rings.